The molecule has 0 aromatic heterocycles. The number of carbonyl (C=O) groups excluding carboxylic acids is 1. The Labute approximate surface area is 153 Å². The molecule has 2 atom stereocenters. The van der Waals surface area contributed by atoms with E-state index in [1.165, 1.54) is 6.07 Å². The molecule has 2 aromatic carbocycles. The molecule has 2 aromatic rings. The third kappa shape index (κ3) is 4.41. The second-order valence-corrected chi connectivity index (χ2v) is 6.96. The van der Waals surface area contributed by atoms with Crippen LogP contribution in [0.1, 0.15) is 25.3 Å². The number of hydrogen-bond donors (Lipinski definition) is 1. The minimum atomic E-state index is -1.00. The smallest absolute Gasteiger partial charge is 0.223 e. The zero-order valence-electron chi connectivity index (χ0n) is 14.9. The summed E-state index contributed by atoms with van der Waals surface area (Å²) in [6.45, 7) is 2.53. The molecule has 1 heterocycles. The Morgan fingerprint density at radius 2 is 1.92 bits per heavy atom. The minimum Gasteiger partial charge on any atom is -0.486 e. The van der Waals surface area contributed by atoms with Crippen molar-refractivity contribution in [2.75, 3.05) is 13.1 Å². The molecule has 138 valence electrons. The fraction of sp³-hybridized carbons (Fsp3) is 0.381. The highest BCUT2D eigenvalue weighted by molar-refractivity contribution is 5.76. The summed E-state index contributed by atoms with van der Waals surface area (Å²) in [6.07, 6.45) is 0.538. The van der Waals surface area contributed by atoms with Crippen molar-refractivity contribution in [3.63, 3.8) is 0 Å². The van der Waals surface area contributed by atoms with Crippen LogP contribution in [0.3, 0.4) is 0 Å². The number of amides is 1. The van der Waals surface area contributed by atoms with E-state index < -0.39 is 11.7 Å². The maximum Gasteiger partial charge on any atom is 0.223 e. The van der Waals surface area contributed by atoms with Crippen molar-refractivity contribution in [3.05, 3.63) is 66.0 Å². The first kappa shape index (κ1) is 18.4. The van der Waals surface area contributed by atoms with Crippen molar-refractivity contribution in [2.24, 2.45) is 0 Å². The SMILES string of the molecule is C[C@@]1(O)CCN(C(=O)CCc2ccccc2F)C[C@H]1Oc1ccccc1. The van der Waals surface area contributed by atoms with Crippen LogP contribution in [-0.2, 0) is 11.2 Å². The Kier molecular flexibility index (Phi) is 5.57. The lowest BCUT2D eigenvalue weighted by molar-refractivity contribution is -0.143. The number of para-hydroxylation sites is 1. The van der Waals surface area contributed by atoms with Crippen LogP contribution in [0.15, 0.2) is 54.6 Å². The monoisotopic (exact) mass is 357 g/mol. The number of ether oxygens (including phenoxy) is 1. The van der Waals surface area contributed by atoms with E-state index in [-0.39, 0.29) is 18.1 Å². The molecule has 5 heteroatoms. The zero-order chi connectivity index (χ0) is 18.6. The molecular weight excluding hydrogens is 333 g/mol. The van der Waals surface area contributed by atoms with Gasteiger partial charge in [-0.05, 0) is 43.5 Å². The molecule has 26 heavy (non-hydrogen) atoms. The summed E-state index contributed by atoms with van der Waals surface area (Å²) in [4.78, 5) is 14.3. The van der Waals surface area contributed by atoms with Crippen molar-refractivity contribution in [3.8, 4) is 5.75 Å². The molecule has 1 aliphatic heterocycles. The van der Waals surface area contributed by atoms with Gasteiger partial charge in [-0.3, -0.25) is 4.79 Å². The average molecular weight is 357 g/mol. The molecule has 1 fully saturated rings. The number of rotatable bonds is 5. The van der Waals surface area contributed by atoms with Crippen LogP contribution in [0, 0.1) is 5.82 Å². The largest absolute Gasteiger partial charge is 0.486 e. The molecule has 0 bridgehead atoms. The Hall–Kier alpha value is -2.40. The summed E-state index contributed by atoms with van der Waals surface area (Å²) in [5.41, 5.74) is -0.458. The van der Waals surface area contributed by atoms with E-state index in [0.717, 1.165) is 0 Å². The van der Waals surface area contributed by atoms with Crippen LogP contribution >= 0.6 is 0 Å². The van der Waals surface area contributed by atoms with Gasteiger partial charge in [0.05, 0.1) is 6.54 Å². The Morgan fingerprint density at radius 1 is 1.23 bits per heavy atom. The van der Waals surface area contributed by atoms with E-state index in [9.17, 15) is 14.3 Å². The molecule has 0 unspecified atom stereocenters. The lowest BCUT2D eigenvalue weighted by atomic mass is 9.90. The number of benzene rings is 2. The molecule has 3 rings (SSSR count). The van der Waals surface area contributed by atoms with Gasteiger partial charge in [-0.25, -0.2) is 4.39 Å². The van der Waals surface area contributed by atoms with Crippen LogP contribution in [0.25, 0.3) is 0 Å². The number of aliphatic hydroxyl groups is 1. The minimum absolute atomic E-state index is 0.0505. The predicted molar refractivity (Wildman–Crippen MR) is 97.4 cm³/mol. The number of likely N-dealkylation sites (tertiary alicyclic amines) is 1. The fourth-order valence-electron chi connectivity index (χ4n) is 3.17. The molecule has 1 amide bonds. The van der Waals surface area contributed by atoms with Crippen molar-refractivity contribution in [2.45, 2.75) is 37.9 Å². The highest BCUT2D eigenvalue weighted by Gasteiger charge is 2.40. The number of aryl methyl sites for hydroxylation is 1. The van der Waals surface area contributed by atoms with Crippen LogP contribution in [-0.4, -0.2) is 40.7 Å². The van der Waals surface area contributed by atoms with Crippen molar-refractivity contribution >= 4 is 5.91 Å². The Balaban J connectivity index is 1.61. The Morgan fingerprint density at radius 3 is 2.65 bits per heavy atom. The summed E-state index contributed by atoms with van der Waals surface area (Å²) in [5, 5.41) is 10.6. The normalized spacial score (nSPS) is 22.9. The van der Waals surface area contributed by atoms with Gasteiger partial charge in [-0.2, -0.15) is 0 Å². The number of carbonyl (C=O) groups is 1. The first-order valence-corrected chi connectivity index (χ1v) is 8.91. The molecule has 1 N–H and O–H groups in total. The van der Waals surface area contributed by atoms with Crippen molar-refractivity contribution < 1.29 is 19.0 Å². The van der Waals surface area contributed by atoms with Crippen LogP contribution in [0.5, 0.6) is 5.75 Å². The van der Waals surface area contributed by atoms with Crippen LogP contribution < -0.4 is 4.74 Å². The summed E-state index contributed by atoms with van der Waals surface area (Å²) in [5.74, 6) is 0.330. The quantitative estimate of drug-likeness (QED) is 0.894. The molecule has 4 nitrogen and oxygen atoms in total. The third-order valence-electron chi connectivity index (χ3n) is 4.91. The first-order valence-electron chi connectivity index (χ1n) is 8.91. The summed E-state index contributed by atoms with van der Waals surface area (Å²) < 4.78 is 19.6. The lowest BCUT2D eigenvalue weighted by Crippen LogP contribution is -2.57. The molecule has 0 aliphatic carbocycles. The van der Waals surface area contributed by atoms with Gasteiger partial charge in [0.2, 0.25) is 5.91 Å². The van der Waals surface area contributed by atoms with Gasteiger partial charge in [0.15, 0.2) is 0 Å². The van der Waals surface area contributed by atoms with Crippen molar-refractivity contribution in [1.29, 1.82) is 0 Å². The number of hydrogen-bond acceptors (Lipinski definition) is 3. The van der Waals surface area contributed by atoms with Gasteiger partial charge < -0.3 is 14.7 Å². The second-order valence-electron chi connectivity index (χ2n) is 6.96. The topological polar surface area (TPSA) is 49.8 Å². The second kappa shape index (κ2) is 7.87. The maximum atomic E-state index is 13.7. The van der Waals surface area contributed by atoms with Crippen LogP contribution in [0.2, 0.25) is 0 Å². The van der Waals surface area contributed by atoms with Gasteiger partial charge in [-0.15, -0.1) is 0 Å². The standard InChI is InChI=1S/C21H24FNO3/c1-21(25)13-14-23(15-19(21)26-17-8-3-2-4-9-17)20(24)12-11-16-7-5-6-10-18(16)22/h2-10,19,25H,11-15H2,1H3/t19-,21-/m1/s1. The number of nitrogens with zero attached hydrogens (tertiary/aromatic N) is 1. The number of halogens is 1. The van der Waals surface area contributed by atoms with Gasteiger partial charge in [-0.1, -0.05) is 36.4 Å². The third-order valence-corrected chi connectivity index (χ3v) is 4.91. The fourth-order valence-corrected chi connectivity index (χ4v) is 3.17. The number of piperidine rings is 1. The molecule has 0 saturated carbocycles. The van der Waals surface area contributed by atoms with E-state index in [0.29, 0.717) is 37.2 Å². The van der Waals surface area contributed by atoms with E-state index in [2.05, 4.69) is 0 Å². The molecule has 1 saturated heterocycles. The van der Waals surface area contributed by atoms with E-state index in [1.807, 2.05) is 30.3 Å². The summed E-state index contributed by atoms with van der Waals surface area (Å²) >= 11 is 0. The molecule has 0 spiro atoms. The average Bonchev–Trinajstić information content (AvgIpc) is 2.63. The van der Waals surface area contributed by atoms with Crippen molar-refractivity contribution in [1.82, 2.24) is 4.90 Å². The Bertz CT molecular complexity index is 748. The van der Waals surface area contributed by atoms with E-state index in [1.54, 1.807) is 30.0 Å². The van der Waals surface area contributed by atoms with Gasteiger partial charge >= 0.3 is 0 Å². The van der Waals surface area contributed by atoms with Crippen LogP contribution in [0.4, 0.5) is 4.39 Å². The highest BCUT2D eigenvalue weighted by atomic mass is 19.1. The van der Waals surface area contributed by atoms with Gasteiger partial charge in [0.1, 0.15) is 23.3 Å². The molecule has 0 radical (unpaired) electrons. The zero-order valence-corrected chi connectivity index (χ0v) is 14.9. The summed E-state index contributed by atoms with van der Waals surface area (Å²) in [7, 11) is 0. The van der Waals surface area contributed by atoms with E-state index >= 15 is 0 Å². The highest BCUT2D eigenvalue weighted by Crippen LogP contribution is 2.27. The molecular formula is C21H24FNO3. The predicted octanol–water partition coefficient (Wildman–Crippen LogP) is 3.19. The van der Waals surface area contributed by atoms with E-state index in [4.69, 9.17) is 4.74 Å². The summed E-state index contributed by atoms with van der Waals surface area (Å²) in [6, 6.07) is 15.8. The first-order chi connectivity index (χ1) is 12.5. The van der Waals surface area contributed by atoms with Gasteiger partial charge in [0, 0.05) is 13.0 Å². The lowest BCUT2D eigenvalue weighted by Gasteiger charge is -2.42. The molecule has 1 aliphatic rings. The van der Waals surface area contributed by atoms with Gasteiger partial charge in [0.25, 0.3) is 0 Å². The maximum absolute atomic E-state index is 13.7.